The Bertz CT molecular complexity index is 809. The van der Waals surface area contributed by atoms with Crippen molar-refractivity contribution < 1.29 is 4.42 Å². The van der Waals surface area contributed by atoms with E-state index in [0.717, 1.165) is 32.5 Å². The Labute approximate surface area is 136 Å². The zero-order chi connectivity index (χ0) is 15.1. The number of nitrogens with two attached hydrogens (primary N) is 1. The molecule has 0 amide bonds. The molecule has 0 aliphatic heterocycles. The molecular weight excluding hydrogens is 354 g/mol. The summed E-state index contributed by atoms with van der Waals surface area (Å²) in [7, 11) is 1.82. The molecule has 0 spiro atoms. The number of nitrogens with zero attached hydrogens (tertiary/aromatic N) is 2. The van der Waals surface area contributed by atoms with Gasteiger partial charge in [0.1, 0.15) is 16.5 Å². The summed E-state index contributed by atoms with van der Waals surface area (Å²) in [5, 5.41) is 5.96. The summed E-state index contributed by atoms with van der Waals surface area (Å²) in [4.78, 5) is 0. The van der Waals surface area contributed by atoms with Gasteiger partial charge in [-0.15, -0.1) is 0 Å². The van der Waals surface area contributed by atoms with Gasteiger partial charge in [-0.1, -0.05) is 23.7 Å². The average Bonchev–Trinajstić information content (AvgIpc) is 2.97. The maximum absolute atomic E-state index is 6.28. The van der Waals surface area contributed by atoms with Crippen LogP contribution in [0.25, 0.3) is 11.0 Å². The average molecular weight is 369 g/mol. The van der Waals surface area contributed by atoms with Crippen LogP contribution in [0, 0.1) is 6.92 Å². The topological polar surface area (TPSA) is 57.0 Å². The summed E-state index contributed by atoms with van der Waals surface area (Å²) in [6.07, 6.45) is 0.593. The number of benzene rings is 1. The fraction of sp³-hybridized carbons (Fsp3) is 0.267. The summed E-state index contributed by atoms with van der Waals surface area (Å²) < 4.78 is 8.46. The monoisotopic (exact) mass is 367 g/mol. The van der Waals surface area contributed by atoms with Crippen molar-refractivity contribution in [3.8, 4) is 0 Å². The fourth-order valence-electron chi connectivity index (χ4n) is 2.46. The van der Waals surface area contributed by atoms with Gasteiger partial charge in [0.2, 0.25) is 0 Å². The summed E-state index contributed by atoms with van der Waals surface area (Å²) in [6.45, 7) is 1.93. The highest BCUT2D eigenvalue weighted by Crippen LogP contribution is 2.31. The van der Waals surface area contributed by atoms with Crippen molar-refractivity contribution in [3.05, 3.63) is 50.9 Å². The van der Waals surface area contributed by atoms with Crippen molar-refractivity contribution in [1.29, 1.82) is 0 Å². The molecule has 2 heterocycles. The number of halogens is 2. The van der Waals surface area contributed by atoms with E-state index < -0.39 is 0 Å². The quantitative estimate of drug-likeness (QED) is 0.756. The molecule has 0 fully saturated rings. The third-order valence-corrected chi connectivity index (χ3v) is 4.67. The van der Waals surface area contributed by atoms with Crippen molar-refractivity contribution in [3.63, 3.8) is 0 Å². The minimum absolute atomic E-state index is 0.260. The van der Waals surface area contributed by atoms with Gasteiger partial charge in [0.15, 0.2) is 0 Å². The van der Waals surface area contributed by atoms with Crippen LogP contribution < -0.4 is 5.73 Å². The molecule has 3 aromatic rings. The Kier molecular flexibility index (Phi) is 3.82. The fourth-order valence-corrected chi connectivity index (χ4v) is 3.17. The summed E-state index contributed by atoms with van der Waals surface area (Å²) >= 11 is 9.74. The van der Waals surface area contributed by atoms with Crippen LogP contribution in [0.4, 0.5) is 0 Å². The molecule has 0 bridgehead atoms. The van der Waals surface area contributed by atoms with E-state index in [4.69, 9.17) is 21.8 Å². The third-order valence-electron chi connectivity index (χ3n) is 3.57. The molecule has 0 aliphatic rings. The van der Waals surface area contributed by atoms with E-state index in [-0.39, 0.29) is 6.04 Å². The van der Waals surface area contributed by atoms with Crippen LogP contribution in [0.15, 0.2) is 33.2 Å². The third kappa shape index (κ3) is 2.61. The number of fused-ring (bicyclic) bond motifs is 1. The highest BCUT2D eigenvalue weighted by atomic mass is 79.9. The van der Waals surface area contributed by atoms with E-state index in [0.29, 0.717) is 11.6 Å². The van der Waals surface area contributed by atoms with Gasteiger partial charge in [-0.05, 0) is 41.4 Å². The number of aryl methyl sites for hydroxylation is 2. The van der Waals surface area contributed by atoms with Crippen LogP contribution in [-0.2, 0) is 13.5 Å². The molecular formula is C15H15BrClN3O. The van der Waals surface area contributed by atoms with E-state index >= 15 is 0 Å². The maximum Gasteiger partial charge on any atom is 0.148 e. The second-order valence-electron chi connectivity index (χ2n) is 5.10. The lowest BCUT2D eigenvalue weighted by Gasteiger charge is -2.08. The Balaban J connectivity index is 1.93. The van der Waals surface area contributed by atoms with Crippen molar-refractivity contribution in [1.82, 2.24) is 9.78 Å². The summed E-state index contributed by atoms with van der Waals surface area (Å²) in [5.41, 5.74) is 8.96. The lowest BCUT2D eigenvalue weighted by Crippen LogP contribution is -2.13. The van der Waals surface area contributed by atoms with E-state index in [2.05, 4.69) is 21.0 Å². The molecule has 21 heavy (non-hydrogen) atoms. The number of hydrogen-bond donors (Lipinski definition) is 1. The summed E-state index contributed by atoms with van der Waals surface area (Å²) in [6, 6.07) is 7.64. The first-order valence-corrected chi connectivity index (χ1v) is 7.76. The first-order valence-electron chi connectivity index (χ1n) is 6.59. The van der Waals surface area contributed by atoms with Gasteiger partial charge in [0, 0.05) is 18.0 Å². The number of rotatable bonds is 3. The molecule has 6 heteroatoms. The molecule has 4 nitrogen and oxygen atoms in total. The molecule has 0 radical (unpaired) electrons. The number of para-hydroxylation sites is 1. The van der Waals surface area contributed by atoms with Crippen LogP contribution in [-0.4, -0.2) is 9.78 Å². The minimum Gasteiger partial charge on any atom is -0.458 e. The predicted molar refractivity (Wildman–Crippen MR) is 87.5 cm³/mol. The van der Waals surface area contributed by atoms with Gasteiger partial charge < -0.3 is 10.2 Å². The normalized spacial score (nSPS) is 13.0. The zero-order valence-electron chi connectivity index (χ0n) is 11.7. The van der Waals surface area contributed by atoms with Gasteiger partial charge in [0.25, 0.3) is 0 Å². The second kappa shape index (κ2) is 5.48. The number of hydrogen-bond acceptors (Lipinski definition) is 3. The van der Waals surface area contributed by atoms with Crippen LogP contribution in [0.3, 0.4) is 0 Å². The van der Waals surface area contributed by atoms with E-state index in [1.54, 1.807) is 4.68 Å². The van der Waals surface area contributed by atoms with Gasteiger partial charge in [-0.3, -0.25) is 4.68 Å². The summed E-state index contributed by atoms with van der Waals surface area (Å²) in [5.74, 6) is 0.746. The van der Waals surface area contributed by atoms with Crippen molar-refractivity contribution in [2.45, 2.75) is 19.4 Å². The van der Waals surface area contributed by atoms with Crippen molar-refractivity contribution >= 4 is 38.5 Å². The first kappa shape index (κ1) is 14.6. The van der Waals surface area contributed by atoms with Crippen molar-refractivity contribution in [2.75, 3.05) is 0 Å². The Hall–Kier alpha value is -1.30. The lowest BCUT2D eigenvalue weighted by atomic mass is 10.1. The predicted octanol–water partition coefficient (Wildman–Crippen LogP) is 4.13. The molecule has 0 aliphatic carbocycles. The largest absolute Gasteiger partial charge is 0.458 e. The molecule has 1 unspecified atom stereocenters. The molecule has 1 atom stereocenters. The van der Waals surface area contributed by atoms with E-state index in [1.165, 1.54) is 0 Å². The smallest absolute Gasteiger partial charge is 0.148 e. The molecule has 2 N–H and O–H groups in total. The number of aromatic nitrogens is 2. The highest BCUT2D eigenvalue weighted by molar-refractivity contribution is 9.10. The molecule has 110 valence electrons. The Morgan fingerprint density at radius 1 is 1.48 bits per heavy atom. The van der Waals surface area contributed by atoms with Gasteiger partial charge in [0.05, 0.1) is 16.2 Å². The first-order chi connectivity index (χ1) is 9.97. The Morgan fingerprint density at radius 2 is 2.24 bits per heavy atom. The van der Waals surface area contributed by atoms with Crippen LogP contribution in [0.5, 0.6) is 0 Å². The molecule has 3 rings (SSSR count). The highest BCUT2D eigenvalue weighted by Gasteiger charge is 2.19. The minimum atomic E-state index is -0.260. The molecule has 1 aromatic carbocycles. The standard InChI is InChI=1S/C15H15BrClN3O/c1-8-10(15(17)20(2)19-8)7-12(18)13-6-9-4-3-5-11(16)14(9)21-13/h3-6,12H,7,18H2,1-2H3. The maximum atomic E-state index is 6.28. The SMILES string of the molecule is Cc1nn(C)c(Cl)c1CC(N)c1cc2cccc(Br)c2o1. The molecule has 0 saturated heterocycles. The molecule has 0 saturated carbocycles. The molecule has 2 aromatic heterocycles. The Morgan fingerprint density at radius 3 is 2.86 bits per heavy atom. The van der Waals surface area contributed by atoms with Crippen molar-refractivity contribution in [2.24, 2.45) is 12.8 Å². The van der Waals surface area contributed by atoms with Crippen LogP contribution in [0.1, 0.15) is 23.1 Å². The van der Waals surface area contributed by atoms with Crippen LogP contribution >= 0.6 is 27.5 Å². The van der Waals surface area contributed by atoms with Gasteiger partial charge in [-0.25, -0.2) is 0 Å². The zero-order valence-corrected chi connectivity index (χ0v) is 14.1. The number of furan rings is 1. The lowest BCUT2D eigenvalue weighted by molar-refractivity contribution is 0.492. The van der Waals surface area contributed by atoms with E-state index in [1.807, 2.05) is 38.2 Å². The second-order valence-corrected chi connectivity index (χ2v) is 6.31. The van der Waals surface area contributed by atoms with Gasteiger partial charge in [-0.2, -0.15) is 5.10 Å². The van der Waals surface area contributed by atoms with E-state index in [9.17, 15) is 0 Å². The van der Waals surface area contributed by atoms with Crippen LogP contribution in [0.2, 0.25) is 5.15 Å². The van der Waals surface area contributed by atoms with Gasteiger partial charge >= 0.3 is 0 Å².